The van der Waals surface area contributed by atoms with Crippen molar-refractivity contribution in [1.82, 2.24) is 5.32 Å². The monoisotopic (exact) mass is 259 g/mol. The highest BCUT2D eigenvalue weighted by Crippen LogP contribution is 2.30. The van der Waals surface area contributed by atoms with Crippen LogP contribution >= 0.6 is 0 Å². The quantitative estimate of drug-likeness (QED) is 0.799. The summed E-state index contributed by atoms with van der Waals surface area (Å²) in [6, 6.07) is 6.88. The van der Waals surface area contributed by atoms with Gasteiger partial charge in [0.05, 0.1) is 6.04 Å². The molecule has 104 valence electrons. The molecule has 2 rings (SSSR count). The molecule has 0 bridgehead atoms. The summed E-state index contributed by atoms with van der Waals surface area (Å²) in [5.74, 6) is 1.09. The maximum atomic E-state index is 6.13. The number of rotatable bonds is 6. The van der Waals surface area contributed by atoms with Crippen LogP contribution in [0.3, 0.4) is 0 Å². The van der Waals surface area contributed by atoms with Crippen LogP contribution in [0.4, 0.5) is 0 Å². The lowest BCUT2D eigenvalue weighted by Crippen LogP contribution is -2.21. The molecule has 0 fully saturated rings. The van der Waals surface area contributed by atoms with Crippen LogP contribution in [-0.2, 0) is 0 Å². The van der Waals surface area contributed by atoms with Crippen LogP contribution in [-0.4, -0.2) is 6.54 Å². The van der Waals surface area contributed by atoms with Gasteiger partial charge in [0.25, 0.3) is 0 Å². The zero-order chi connectivity index (χ0) is 13.8. The topological polar surface area (TPSA) is 25.2 Å². The molecule has 2 aromatic rings. The van der Waals surface area contributed by atoms with Crippen LogP contribution in [0, 0.1) is 13.8 Å². The van der Waals surface area contributed by atoms with E-state index in [9.17, 15) is 0 Å². The standard InChI is InChI=1S/C17H25NO/c1-5-7-15(18-10-6-2)16-11-14-12(3)8-9-13(4)17(14)19-16/h8-9,11,15,18H,5-7,10H2,1-4H3. The van der Waals surface area contributed by atoms with Gasteiger partial charge in [-0.25, -0.2) is 0 Å². The maximum Gasteiger partial charge on any atom is 0.137 e. The minimum Gasteiger partial charge on any atom is -0.459 e. The highest BCUT2D eigenvalue weighted by molar-refractivity contribution is 5.84. The lowest BCUT2D eigenvalue weighted by Gasteiger charge is -2.14. The Hall–Kier alpha value is -1.28. The van der Waals surface area contributed by atoms with Crippen LogP contribution in [0.25, 0.3) is 11.0 Å². The Balaban J connectivity index is 2.37. The first-order valence-electron chi connectivity index (χ1n) is 7.40. The third kappa shape index (κ3) is 3.01. The largest absolute Gasteiger partial charge is 0.459 e. The molecule has 1 aromatic heterocycles. The van der Waals surface area contributed by atoms with Crippen molar-refractivity contribution in [2.75, 3.05) is 6.54 Å². The molecule has 0 saturated heterocycles. The lowest BCUT2D eigenvalue weighted by molar-refractivity contribution is 0.407. The van der Waals surface area contributed by atoms with Crippen molar-refractivity contribution >= 4 is 11.0 Å². The first-order valence-corrected chi connectivity index (χ1v) is 7.40. The summed E-state index contributed by atoms with van der Waals surface area (Å²) in [6.07, 6.45) is 3.44. The fourth-order valence-electron chi connectivity index (χ4n) is 2.54. The molecule has 0 aliphatic carbocycles. The third-order valence-electron chi connectivity index (χ3n) is 3.68. The molecule has 19 heavy (non-hydrogen) atoms. The van der Waals surface area contributed by atoms with E-state index in [1.165, 1.54) is 16.5 Å². The molecule has 0 amide bonds. The highest BCUT2D eigenvalue weighted by Gasteiger charge is 2.16. The fourth-order valence-corrected chi connectivity index (χ4v) is 2.54. The molecule has 1 atom stereocenters. The van der Waals surface area contributed by atoms with Crippen LogP contribution < -0.4 is 5.32 Å². The molecule has 2 nitrogen and oxygen atoms in total. The van der Waals surface area contributed by atoms with Crippen LogP contribution in [0.1, 0.15) is 56.0 Å². The van der Waals surface area contributed by atoms with Crippen LogP contribution in [0.5, 0.6) is 0 Å². The highest BCUT2D eigenvalue weighted by atomic mass is 16.3. The van der Waals surface area contributed by atoms with E-state index >= 15 is 0 Å². The Morgan fingerprint density at radius 1 is 1.11 bits per heavy atom. The number of hydrogen-bond donors (Lipinski definition) is 1. The number of hydrogen-bond acceptors (Lipinski definition) is 2. The van der Waals surface area contributed by atoms with Gasteiger partial charge < -0.3 is 9.73 Å². The number of nitrogens with one attached hydrogen (secondary N) is 1. The molecule has 0 aliphatic rings. The Morgan fingerprint density at radius 3 is 2.47 bits per heavy atom. The van der Waals surface area contributed by atoms with E-state index in [2.05, 4.69) is 51.2 Å². The van der Waals surface area contributed by atoms with Crippen LogP contribution in [0.2, 0.25) is 0 Å². The Bertz CT molecular complexity index is 502. The Labute approximate surface area is 116 Å². The van der Waals surface area contributed by atoms with Crippen molar-refractivity contribution in [2.45, 2.75) is 53.0 Å². The second-order valence-electron chi connectivity index (χ2n) is 5.39. The molecular weight excluding hydrogens is 234 g/mol. The van der Waals surface area contributed by atoms with Gasteiger partial charge in [-0.15, -0.1) is 0 Å². The minimum atomic E-state index is 0.344. The molecule has 2 heteroatoms. The van der Waals surface area contributed by atoms with Crippen molar-refractivity contribution in [3.05, 3.63) is 35.1 Å². The molecule has 1 unspecified atom stereocenters. The third-order valence-corrected chi connectivity index (χ3v) is 3.68. The number of furan rings is 1. The van der Waals surface area contributed by atoms with Crippen molar-refractivity contribution in [3.8, 4) is 0 Å². The van der Waals surface area contributed by atoms with Crippen molar-refractivity contribution in [3.63, 3.8) is 0 Å². The van der Waals surface area contributed by atoms with E-state index in [4.69, 9.17) is 4.42 Å². The van der Waals surface area contributed by atoms with Gasteiger partial charge in [-0.1, -0.05) is 32.4 Å². The Kier molecular flexibility index (Phi) is 4.65. The summed E-state index contributed by atoms with van der Waals surface area (Å²) in [5.41, 5.74) is 3.56. The summed E-state index contributed by atoms with van der Waals surface area (Å²) in [5, 5.41) is 4.85. The molecular formula is C17H25NO. The number of fused-ring (bicyclic) bond motifs is 1. The zero-order valence-electron chi connectivity index (χ0n) is 12.5. The van der Waals surface area contributed by atoms with E-state index in [-0.39, 0.29) is 0 Å². The van der Waals surface area contributed by atoms with Gasteiger partial charge in [0.1, 0.15) is 11.3 Å². The average molecular weight is 259 g/mol. The summed E-state index contributed by atoms with van der Waals surface area (Å²) in [6.45, 7) is 9.72. The molecule has 1 heterocycles. The van der Waals surface area contributed by atoms with E-state index in [1.54, 1.807) is 0 Å². The van der Waals surface area contributed by atoms with E-state index < -0.39 is 0 Å². The fraction of sp³-hybridized carbons (Fsp3) is 0.529. The first-order chi connectivity index (χ1) is 9.17. The Morgan fingerprint density at radius 2 is 1.84 bits per heavy atom. The maximum absolute atomic E-state index is 6.13. The van der Waals surface area contributed by atoms with E-state index in [0.29, 0.717) is 6.04 Å². The number of benzene rings is 1. The summed E-state index contributed by atoms with van der Waals surface area (Å²) in [4.78, 5) is 0. The number of aryl methyl sites for hydroxylation is 2. The van der Waals surface area contributed by atoms with Gasteiger partial charge in [0.15, 0.2) is 0 Å². The van der Waals surface area contributed by atoms with Crippen molar-refractivity contribution in [1.29, 1.82) is 0 Å². The summed E-state index contributed by atoms with van der Waals surface area (Å²) in [7, 11) is 0. The predicted molar refractivity (Wildman–Crippen MR) is 81.6 cm³/mol. The molecule has 0 spiro atoms. The molecule has 0 aliphatic heterocycles. The lowest BCUT2D eigenvalue weighted by atomic mass is 10.1. The van der Waals surface area contributed by atoms with E-state index in [1.807, 2.05) is 0 Å². The van der Waals surface area contributed by atoms with Gasteiger partial charge in [0.2, 0.25) is 0 Å². The smallest absolute Gasteiger partial charge is 0.137 e. The van der Waals surface area contributed by atoms with E-state index in [0.717, 1.165) is 37.2 Å². The predicted octanol–water partition coefficient (Wildman–Crippen LogP) is 4.89. The average Bonchev–Trinajstić information content (AvgIpc) is 2.85. The summed E-state index contributed by atoms with van der Waals surface area (Å²) < 4.78 is 6.13. The molecule has 0 saturated carbocycles. The van der Waals surface area contributed by atoms with Gasteiger partial charge >= 0.3 is 0 Å². The second-order valence-corrected chi connectivity index (χ2v) is 5.39. The minimum absolute atomic E-state index is 0.344. The second kappa shape index (κ2) is 6.25. The van der Waals surface area contributed by atoms with Gasteiger partial charge in [0, 0.05) is 5.39 Å². The normalized spacial score (nSPS) is 13.1. The zero-order valence-corrected chi connectivity index (χ0v) is 12.5. The van der Waals surface area contributed by atoms with Crippen molar-refractivity contribution in [2.24, 2.45) is 0 Å². The van der Waals surface area contributed by atoms with Gasteiger partial charge in [-0.2, -0.15) is 0 Å². The summed E-state index contributed by atoms with van der Waals surface area (Å²) >= 11 is 0. The van der Waals surface area contributed by atoms with Gasteiger partial charge in [-0.05, 0) is 50.4 Å². The first kappa shape index (κ1) is 14.1. The van der Waals surface area contributed by atoms with Gasteiger partial charge in [-0.3, -0.25) is 0 Å². The van der Waals surface area contributed by atoms with Crippen molar-refractivity contribution < 1.29 is 4.42 Å². The molecule has 1 aromatic carbocycles. The molecule has 0 radical (unpaired) electrons. The SMILES string of the molecule is CCCNC(CCC)c1cc2c(C)ccc(C)c2o1. The van der Waals surface area contributed by atoms with Crippen LogP contribution in [0.15, 0.2) is 22.6 Å². The molecule has 1 N–H and O–H groups in total.